The zero-order valence-electron chi connectivity index (χ0n) is 22.6. The number of sulfonamides is 1. The Hall–Kier alpha value is -3.43. The maximum absolute atomic E-state index is 13.9. The van der Waals surface area contributed by atoms with Crippen molar-refractivity contribution in [2.75, 3.05) is 10.8 Å². The zero-order valence-corrected chi connectivity index (χ0v) is 24.2. The van der Waals surface area contributed by atoms with E-state index in [4.69, 9.17) is 11.6 Å². The summed E-state index contributed by atoms with van der Waals surface area (Å²) in [6.45, 7) is 8.30. The molecule has 0 bridgehead atoms. The van der Waals surface area contributed by atoms with E-state index < -0.39 is 45.8 Å². The number of nitrogens with zero attached hydrogens (tertiary/aromatic N) is 2. The van der Waals surface area contributed by atoms with Gasteiger partial charge in [0.2, 0.25) is 11.8 Å². The number of amides is 2. The number of rotatable bonds is 9. The molecule has 1 atom stereocenters. The minimum atomic E-state index is -4.28. The fourth-order valence-corrected chi connectivity index (χ4v) is 5.45. The van der Waals surface area contributed by atoms with Gasteiger partial charge in [0.05, 0.1) is 10.6 Å². The Morgan fingerprint density at radius 1 is 0.974 bits per heavy atom. The van der Waals surface area contributed by atoms with E-state index in [-0.39, 0.29) is 17.1 Å². The van der Waals surface area contributed by atoms with Gasteiger partial charge in [-0.15, -0.1) is 0 Å². The van der Waals surface area contributed by atoms with Crippen LogP contribution in [0.25, 0.3) is 0 Å². The van der Waals surface area contributed by atoms with Crippen LogP contribution in [0.15, 0.2) is 77.7 Å². The molecule has 39 heavy (non-hydrogen) atoms. The van der Waals surface area contributed by atoms with Crippen LogP contribution in [0.2, 0.25) is 5.02 Å². The molecule has 3 aromatic rings. The van der Waals surface area contributed by atoms with Gasteiger partial charge in [0.15, 0.2) is 0 Å². The number of carbonyl (C=O) groups is 2. The first-order chi connectivity index (χ1) is 18.2. The topological polar surface area (TPSA) is 86.8 Å². The molecule has 0 saturated carbocycles. The second-order valence-corrected chi connectivity index (χ2v) is 12.6. The van der Waals surface area contributed by atoms with Crippen molar-refractivity contribution in [3.05, 3.63) is 94.8 Å². The maximum atomic E-state index is 13.9. The lowest BCUT2D eigenvalue weighted by Gasteiger charge is -2.33. The largest absolute Gasteiger partial charge is 0.350 e. The fourth-order valence-electron chi connectivity index (χ4n) is 3.84. The summed E-state index contributed by atoms with van der Waals surface area (Å²) < 4.78 is 42.0. The Bertz CT molecular complexity index is 1420. The molecular weight excluding hydrogens is 541 g/mol. The van der Waals surface area contributed by atoms with Crippen LogP contribution in [0.5, 0.6) is 0 Å². The Morgan fingerprint density at radius 3 is 2.13 bits per heavy atom. The van der Waals surface area contributed by atoms with Crippen LogP contribution >= 0.6 is 11.6 Å². The molecule has 0 spiro atoms. The molecular formula is C29H33ClFN3O4S. The zero-order chi connectivity index (χ0) is 29.0. The van der Waals surface area contributed by atoms with Crippen LogP contribution < -0.4 is 9.62 Å². The molecule has 0 aromatic heterocycles. The highest BCUT2D eigenvalue weighted by Crippen LogP contribution is 2.26. The monoisotopic (exact) mass is 573 g/mol. The highest BCUT2D eigenvalue weighted by Gasteiger charge is 2.33. The van der Waals surface area contributed by atoms with Crippen molar-refractivity contribution in [1.82, 2.24) is 10.2 Å². The van der Waals surface area contributed by atoms with Crippen molar-refractivity contribution < 1.29 is 22.4 Å². The van der Waals surface area contributed by atoms with E-state index in [2.05, 4.69) is 5.32 Å². The number of halogens is 2. The molecule has 0 unspecified atom stereocenters. The summed E-state index contributed by atoms with van der Waals surface area (Å²) in [5.41, 5.74) is 1.20. The first-order valence-corrected chi connectivity index (χ1v) is 14.2. The molecule has 3 rings (SSSR count). The number of aryl methyl sites for hydroxylation is 1. The minimum Gasteiger partial charge on any atom is -0.350 e. The molecule has 0 aliphatic heterocycles. The summed E-state index contributed by atoms with van der Waals surface area (Å²) in [7, 11) is -4.28. The minimum absolute atomic E-state index is 0.0183. The molecule has 2 amide bonds. The lowest BCUT2D eigenvalue weighted by Crippen LogP contribution is -2.54. The first-order valence-electron chi connectivity index (χ1n) is 12.4. The lowest BCUT2D eigenvalue weighted by atomic mass is 10.1. The predicted molar refractivity (Wildman–Crippen MR) is 151 cm³/mol. The lowest BCUT2D eigenvalue weighted by molar-refractivity contribution is -0.140. The Kier molecular flexibility index (Phi) is 9.40. The molecule has 3 aromatic carbocycles. The quantitative estimate of drug-likeness (QED) is 0.376. The maximum Gasteiger partial charge on any atom is 0.264 e. The van der Waals surface area contributed by atoms with Crippen LogP contribution in [-0.2, 0) is 26.2 Å². The van der Waals surface area contributed by atoms with Gasteiger partial charge in [-0.3, -0.25) is 13.9 Å². The van der Waals surface area contributed by atoms with Gasteiger partial charge >= 0.3 is 0 Å². The van der Waals surface area contributed by atoms with Crippen molar-refractivity contribution in [3.8, 4) is 0 Å². The summed E-state index contributed by atoms with van der Waals surface area (Å²) >= 11 is 6.37. The smallest absolute Gasteiger partial charge is 0.264 e. The average molecular weight is 574 g/mol. The van der Waals surface area contributed by atoms with Gasteiger partial charge < -0.3 is 10.2 Å². The molecule has 0 fully saturated rings. The highest BCUT2D eigenvalue weighted by atomic mass is 35.5. The van der Waals surface area contributed by atoms with Gasteiger partial charge in [-0.25, -0.2) is 12.8 Å². The van der Waals surface area contributed by atoms with E-state index in [1.54, 1.807) is 55.5 Å². The third kappa shape index (κ3) is 7.80. The van der Waals surface area contributed by atoms with Crippen molar-refractivity contribution in [3.63, 3.8) is 0 Å². The molecule has 0 aliphatic carbocycles. The SMILES string of the molecule is Cc1ccc(N(CC(=O)N(Cc2ccccc2Cl)[C@H](C)C(=O)NC(C)(C)C)S(=O)(=O)c2ccc(F)cc2)cc1. The van der Waals surface area contributed by atoms with E-state index in [0.29, 0.717) is 10.6 Å². The molecule has 0 radical (unpaired) electrons. The molecule has 0 heterocycles. The number of hydrogen-bond donors (Lipinski definition) is 1. The number of hydrogen-bond acceptors (Lipinski definition) is 4. The second kappa shape index (κ2) is 12.2. The summed E-state index contributed by atoms with van der Waals surface area (Å²) in [5, 5.41) is 3.28. The van der Waals surface area contributed by atoms with E-state index in [1.165, 1.54) is 4.90 Å². The van der Waals surface area contributed by atoms with E-state index in [1.807, 2.05) is 27.7 Å². The Morgan fingerprint density at radius 2 is 1.56 bits per heavy atom. The predicted octanol–water partition coefficient (Wildman–Crippen LogP) is 5.31. The molecule has 0 aliphatic rings. The van der Waals surface area contributed by atoms with E-state index in [0.717, 1.165) is 34.1 Å². The summed E-state index contributed by atoms with van der Waals surface area (Å²) in [4.78, 5) is 28.1. The van der Waals surface area contributed by atoms with Gasteiger partial charge in [0.1, 0.15) is 18.4 Å². The van der Waals surface area contributed by atoms with Gasteiger partial charge in [-0.1, -0.05) is 47.5 Å². The average Bonchev–Trinajstić information content (AvgIpc) is 2.86. The summed E-state index contributed by atoms with van der Waals surface area (Å²) in [6.07, 6.45) is 0. The van der Waals surface area contributed by atoms with Gasteiger partial charge in [0, 0.05) is 17.1 Å². The molecule has 208 valence electrons. The number of nitrogens with one attached hydrogen (secondary N) is 1. The van der Waals surface area contributed by atoms with Crippen LogP contribution in [0, 0.1) is 12.7 Å². The number of carbonyl (C=O) groups excluding carboxylic acids is 2. The first kappa shape index (κ1) is 30.1. The van der Waals surface area contributed by atoms with Crippen LogP contribution in [-0.4, -0.2) is 43.3 Å². The van der Waals surface area contributed by atoms with Crippen molar-refractivity contribution in [1.29, 1.82) is 0 Å². The highest BCUT2D eigenvalue weighted by molar-refractivity contribution is 7.92. The van der Waals surface area contributed by atoms with Crippen LogP contribution in [0.3, 0.4) is 0 Å². The molecule has 10 heteroatoms. The third-order valence-corrected chi connectivity index (χ3v) is 8.12. The van der Waals surface area contributed by atoms with Gasteiger partial charge in [0.25, 0.3) is 10.0 Å². The third-order valence-electron chi connectivity index (χ3n) is 5.97. The van der Waals surface area contributed by atoms with Crippen molar-refractivity contribution >= 4 is 39.1 Å². The molecule has 1 N–H and O–H groups in total. The fraction of sp³-hybridized carbons (Fsp3) is 0.310. The number of anilines is 1. The van der Waals surface area contributed by atoms with Crippen LogP contribution in [0.4, 0.5) is 10.1 Å². The number of benzene rings is 3. The van der Waals surface area contributed by atoms with Gasteiger partial charge in [-0.2, -0.15) is 0 Å². The van der Waals surface area contributed by atoms with Crippen LogP contribution in [0.1, 0.15) is 38.8 Å². The van der Waals surface area contributed by atoms with Crippen molar-refractivity contribution in [2.24, 2.45) is 0 Å². The molecule has 7 nitrogen and oxygen atoms in total. The van der Waals surface area contributed by atoms with Gasteiger partial charge in [-0.05, 0) is 82.6 Å². The van der Waals surface area contributed by atoms with E-state index >= 15 is 0 Å². The van der Waals surface area contributed by atoms with E-state index in [9.17, 15) is 22.4 Å². The molecule has 0 saturated heterocycles. The summed E-state index contributed by atoms with van der Waals surface area (Å²) in [5.74, 6) is -1.60. The normalized spacial score (nSPS) is 12.5. The summed E-state index contributed by atoms with van der Waals surface area (Å²) in [6, 6.07) is 17.0. The standard InChI is InChI=1S/C29H33ClFN3O4S/c1-20-10-14-24(15-11-20)34(39(37,38)25-16-12-23(31)13-17-25)19-27(35)33(18-22-8-6-7-9-26(22)30)21(2)28(36)32-29(3,4)5/h6-17,21H,18-19H2,1-5H3,(H,32,36)/t21-/m1/s1. The Balaban J connectivity index is 2.04. The Labute approximate surface area is 234 Å². The van der Waals surface area contributed by atoms with Crippen molar-refractivity contribution in [2.45, 2.75) is 57.6 Å². The second-order valence-electron chi connectivity index (χ2n) is 10.3.